The highest BCUT2D eigenvalue weighted by atomic mass is 32.1. The lowest BCUT2D eigenvalue weighted by molar-refractivity contribution is -0.117. The first-order chi connectivity index (χ1) is 20.4. The van der Waals surface area contributed by atoms with Crippen LogP contribution in [0.15, 0.2) is 24.3 Å². The Labute approximate surface area is 258 Å². The molecule has 2 aromatic heterocycles. The zero-order valence-corrected chi connectivity index (χ0v) is 26.6. The molecule has 0 bridgehead atoms. The Morgan fingerprint density at radius 3 is 2.51 bits per heavy atom. The van der Waals surface area contributed by atoms with E-state index in [1.165, 1.54) is 11.3 Å². The van der Waals surface area contributed by atoms with Gasteiger partial charge in [-0.3, -0.25) is 14.4 Å². The quantitative estimate of drug-likeness (QED) is 0.156. The van der Waals surface area contributed by atoms with Crippen LogP contribution in [0.25, 0.3) is 10.6 Å². The Hall–Kier alpha value is -3.91. The first kappa shape index (κ1) is 32.0. The van der Waals surface area contributed by atoms with Crippen molar-refractivity contribution in [2.24, 2.45) is 5.92 Å². The van der Waals surface area contributed by atoms with Crippen LogP contribution in [0.4, 0.5) is 17.2 Å². The summed E-state index contributed by atoms with van der Waals surface area (Å²) >= 11 is 1.29. The van der Waals surface area contributed by atoms with E-state index < -0.39 is 11.1 Å². The number of methoxy groups -OCH3 is 1. The number of aromatic nitrogens is 3. The number of thiazole rings is 1. The van der Waals surface area contributed by atoms with Gasteiger partial charge in [-0.2, -0.15) is 0 Å². The Morgan fingerprint density at radius 1 is 1.12 bits per heavy atom. The molecule has 1 aromatic carbocycles. The molecule has 0 aliphatic heterocycles. The van der Waals surface area contributed by atoms with Crippen LogP contribution in [0, 0.1) is 12.8 Å². The van der Waals surface area contributed by atoms with Gasteiger partial charge >= 0.3 is 0 Å². The average Bonchev–Trinajstić information content (AvgIpc) is 3.71. The van der Waals surface area contributed by atoms with Crippen LogP contribution in [0.3, 0.4) is 0 Å². The first-order valence-corrected chi connectivity index (χ1v) is 15.0. The molecule has 16 heteroatoms. The van der Waals surface area contributed by atoms with E-state index in [4.69, 9.17) is 4.74 Å². The van der Waals surface area contributed by atoms with Crippen molar-refractivity contribution in [2.75, 3.05) is 44.9 Å². The molecule has 224 valence electrons. The van der Waals surface area contributed by atoms with Gasteiger partial charge in [0.1, 0.15) is 33.4 Å². The number of carbonyl (C=O) groups excluding carboxylic acids is 3. The van der Waals surface area contributed by atoms with Gasteiger partial charge in [0.25, 0.3) is 11.8 Å². The number of rotatable bonds is 13. The number of hydrogen-bond donors (Lipinski definition) is 4. The molecule has 3 aromatic rings. The number of amides is 3. The Bertz CT molecular complexity index is 1510. The third-order valence-electron chi connectivity index (χ3n) is 6.49. The number of aryl methyl sites for hydroxylation is 1. The second-order valence-corrected chi connectivity index (χ2v) is 12.8. The summed E-state index contributed by atoms with van der Waals surface area (Å²) in [5, 5.41) is 20.3. The minimum absolute atomic E-state index is 0.0226. The molecule has 1 fully saturated rings. The number of nitrogens with zero attached hydrogens (tertiary/aromatic N) is 4. The van der Waals surface area contributed by atoms with Crippen molar-refractivity contribution in [1.29, 1.82) is 0 Å². The van der Waals surface area contributed by atoms with E-state index in [1.54, 1.807) is 19.2 Å². The monoisotopic (exact) mass is 602 g/mol. The summed E-state index contributed by atoms with van der Waals surface area (Å²) in [6.07, 6.45) is 2.53. The molecule has 43 heavy (non-hydrogen) atoms. The predicted octanol–water partition coefficient (Wildman–Crippen LogP) is -0.0689. The fraction of sp³-hybridized carbons (Fsp3) is 0.407. The molecule has 0 saturated heterocycles. The van der Waals surface area contributed by atoms with Crippen molar-refractivity contribution < 1.29 is 19.1 Å². The van der Waals surface area contributed by atoms with Gasteiger partial charge in [0, 0.05) is 18.5 Å². The van der Waals surface area contributed by atoms with E-state index in [0.29, 0.717) is 44.8 Å². The van der Waals surface area contributed by atoms with Gasteiger partial charge in [-0.1, -0.05) is 6.07 Å². The topological polar surface area (TPSA) is 150 Å². The molecule has 1 saturated carbocycles. The van der Waals surface area contributed by atoms with Crippen molar-refractivity contribution in [3.8, 4) is 16.3 Å². The lowest BCUT2D eigenvalue weighted by Crippen LogP contribution is -2.50. The lowest BCUT2D eigenvalue weighted by Gasteiger charge is -2.22. The maximum absolute atomic E-state index is 13.2. The number of benzene rings is 1. The standard InChI is InChI=1S/C27H37B3N8O4S/c1-14-22(25(41)31-11-6-12-38(2)3)43-26(32-14)16-7-5-8-17(21(16)42-4)33-18-13-19(34-23(39)15-9-10-15)36-37-20(18)24(40)35-27(28,29)30/h5,7-8,13,15H,6,9-12,28-30H2,1-4H3,(H,31,41)(H,35,40)(H2,33,34,36,39). The molecule has 1 aliphatic rings. The number of anilines is 3. The maximum Gasteiger partial charge on any atom is 0.272 e. The fourth-order valence-corrected chi connectivity index (χ4v) is 5.26. The normalized spacial score (nSPS) is 13.0. The molecule has 3 amide bonds. The van der Waals surface area contributed by atoms with Gasteiger partial charge in [-0.25, -0.2) is 4.98 Å². The van der Waals surface area contributed by atoms with Crippen molar-refractivity contribution >= 4 is 69.8 Å². The first-order valence-electron chi connectivity index (χ1n) is 14.2. The summed E-state index contributed by atoms with van der Waals surface area (Å²) in [4.78, 5) is 45.8. The molecule has 4 rings (SSSR count). The van der Waals surface area contributed by atoms with Crippen LogP contribution < -0.4 is 26.0 Å². The van der Waals surface area contributed by atoms with Crippen molar-refractivity contribution in [3.05, 3.63) is 40.5 Å². The molecule has 12 nitrogen and oxygen atoms in total. The second kappa shape index (κ2) is 13.6. The Morgan fingerprint density at radius 2 is 1.86 bits per heavy atom. The molecule has 0 atom stereocenters. The minimum Gasteiger partial charge on any atom is -0.494 e. The van der Waals surface area contributed by atoms with Crippen LogP contribution in [0.1, 0.15) is 45.1 Å². The van der Waals surface area contributed by atoms with E-state index >= 15 is 0 Å². The Kier molecular flexibility index (Phi) is 10.1. The summed E-state index contributed by atoms with van der Waals surface area (Å²) in [7, 11) is 11.2. The number of nitrogens with one attached hydrogen (secondary N) is 4. The average molecular weight is 602 g/mol. The highest BCUT2D eigenvalue weighted by molar-refractivity contribution is 7.17. The molecule has 1 aliphatic carbocycles. The van der Waals surface area contributed by atoms with Crippen molar-refractivity contribution in [1.82, 2.24) is 30.7 Å². The van der Waals surface area contributed by atoms with Gasteiger partial charge < -0.3 is 30.9 Å². The number of carbonyl (C=O) groups is 3. The predicted molar refractivity (Wildman–Crippen MR) is 177 cm³/mol. The summed E-state index contributed by atoms with van der Waals surface area (Å²) in [5.74, 6) is -0.0229. The lowest BCUT2D eigenvalue weighted by atomic mass is 9.49. The van der Waals surface area contributed by atoms with Crippen LogP contribution in [-0.2, 0) is 4.79 Å². The van der Waals surface area contributed by atoms with Gasteiger partial charge in [0.05, 0.1) is 29.7 Å². The smallest absolute Gasteiger partial charge is 0.272 e. The Balaban J connectivity index is 1.64. The highest BCUT2D eigenvalue weighted by Crippen LogP contribution is 2.40. The molecule has 4 N–H and O–H groups in total. The van der Waals surface area contributed by atoms with E-state index in [-0.39, 0.29) is 29.2 Å². The SMILES string of the molecule is BC(B)(B)NC(=O)c1nnc(NC(=O)C2CC2)cc1Nc1cccc(-c2nc(C)c(C(=O)NCCCN(C)C)s2)c1OC. The van der Waals surface area contributed by atoms with E-state index in [1.807, 2.05) is 56.7 Å². The van der Waals surface area contributed by atoms with Gasteiger partial charge in [0.2, 0.25) is 5.91 Å². The zero-order valence-electron chi connectivity index (χ0n) is 25.8. The minimum atomic E-state index is -0.508. The molecule has 0 unspecified atom stereocenters. The van der Waals surface area contributed by atoms with E-state index in [2.05, 4.69) is 41.3 Å². The summed E-state index contributed by atoms with van der Waals surface area (Å²) < 4.78 is 5.82. The molecular formula is C27H37B3N8O4S. The molecular weight excluding hydrogens is 565 g/mol. The van der Waals surface area contributed by atoms with Crippen molar-refractivity contribution in [3.63, 3.8) is 0 Å². The molecule has 2 heterocycles. The van der Waals surface area contributed by atoms with Crippen LogP contribution in [-0.4, -0.2) is 101 Å². The summed E-state index contributed by atoms with van der Waals surface area (Å²) in [6.45, 7) is 3.26. The van der Waals surface area contributed by atoms with Gasteiger partial charge in [0.15, 0.2) is 17.3 Å². The number of ether oxygens (including phenoxy) is 1. The van der Waals surface area contributed by atoms with Crippen LogP contribution in [0.5, 0.6) is 5.75 Å². The van der Waals surface area contributed by atoms with E-state index in [0.717, 1.165) is 25.8 Å². The molecule has 0 radical (unpaired) electrons. The summed E-state index contributed by atoms with van der Waals surface area (Å²) in [6, 6.07) is 7.08. The summed E-state index contributed by atoms with van der Waals surface area (Å²) in [5.41, 5.74) is 2.25. The van der Waals surface area contributed by atoms with Crippen molar-refractivity contribution in [2.45, 2.75) is 31.4 Å². The maximum atomic E-state index is 13.2. The van der Waals surface area contributed by atoms with E-state index in [9.17, 15) is 14.4 Å². The van der Waals surface area contributed by atoms with Crippen LogP contribution >= 0.6 is 11.3 Å². The number of hydrogen-bond acceptors (Lipinski definition) is 10. The third kappa shape index (κ3) is 8.57. The van der Waals surface area contributed by atoms with Gasteiger partial charge in [-0.05, 0) is 64.2 Å². The third-order valence-corrected chi connectivity index (χ3v) is 7.68. The fourth-order valence-electron chi connectivity index (χ4n) is 4.26. The highest BCUT2D eigenvalue weighted by Gasteiger charge is 2.30. The number of para-hydroxylation sites is 1. The molecule has 0 spiro atoms. The zero-order chi connectivity index (χ0) is 31.3. The van der Waals surface area contributed by atoms with Crippen LogP contribution in [0.2, 0.25) is 0 Å². The van der Waals surface area contributed by atoms with Gasteiger partial charge in [-0.15, -0.1) is 21.5 Å². The second-order valence-electron chi connectivity index (χ2n) is 11.8. The largest absolute Gasteiger partial charge is 0.494 e.